The summed E-state index contributed by atoms with van der Waals surface area (Å²) in [7, 11) is 1.55. The summed E-state index contributed by atoms with van der Waals surface area (Å²) in [6.45, 7) is 4.32. The Hall–Kier alpha value is -2.33. The largest absolute Gasteiger partial charge is 0.496 e. The zero-order valence-corrected chi connectivity index (χ0v) is 14.7. The first kappa shape index (κ1) is 17.0. The van der Waals surface area contributed by atoms with Gasteiger partial charge in [0.05, 0.1) is 19.4 Å². The molecule has 0 saturated carbocycles. The average Bonchev–Trinajstić information content (AvgIpc) is 2.93. The number of nitrogens with zero attached hydrogens (tertiary/aromatic N) is 3. The second-order valence-corrected chi connectivity index (χ2v) is 5.48. The van der Waals surface area contributed by atoms with E-state index >= 15 is 0 Å². The number of carbonyl (C=O) groups is 1. The van der Waals surface area contributed by atoms with Gasteiger partial charge in [0.15, 0.2) is 5.69 Å². The summed E-state index contributed by atoms with van der Waals surface area (Å²) in [4.78, 5) is 12.1. The maximum absolute atomic E-state index is 12.1. The number of halogens is 1. The quantitative estimate of drug-likeness (QED) is 0.746. The monoisotopic (exact) mass is 377 g/mol. The van der Waals surface area contributed by atoms with Crippen LogP contribution in [0, 0.1) is 11.3 Å². The van der Waals surface area contributed by atoms with Crippen molar-refractivity contribution >= 4 is 21.9 Å². The minimum atomic E-state index is -0.603. The second-order valence-electron chi connectivity index (χ2n) is 4.56. The van der Waals surface area contributed by atoms with Gasteiger partial charge < -0.3 is 9.47 Å². The summed E-state index contributed by atoms with van der Waals surface area (Å²) < 4.78 is 12.8. The van der Waals surface area contributed by atoms with E-state index in [1.54, 1.807) is 24.8 Å². The Bertz CT molecular complexity index is 778. The van der Waals surface area contributed by atoms with E-state index in [1.807, 2.05) is 19.1 Å². The van der Waals surface area contributed by atoms with E-state index in [1.165, 1.54) is 0 Å². The van der Waals surface area contributed by atoms with Crippen molar-refractivity contribution in [1.82, 2.24) is 9.78 Å². The van der Waals surface area contributed by atoms with Crippen molar-refractivity contribution in [1.29, 1.82) is 5.26 Å². The summed E-state index contributed by atoms with van der Waals surface area (Å²) in [6, 6.07) is 7.53. The summed E-state index contributed by atoms with van der Waals surface area (Å²) in [5, 5.41) is 13.8. The van der Waals surface area contributed by atoms with Crippen molar-refractivity contribution in [2.75, 3.05) is 13.7 Å². The smallest absolute Gasteiger partial charge is 0.360 e. The SMILES string of the molecule is CCOC(=O)c1nn(CC)c(-c2ccc(Br)cc2OC)c1C#N. The van der Waals surface area contributed by atoms with E-state index in [-0.39, 0.29) is 17.9 Å². The lowest BCUT2D eigenvalue weighted by molar-refractivity contribution is 0.0518. The van der Waals surface area contributed by atoms with Gasteiger partial charge in [0.25, 0.3) is 0 Å². The number of benzene rings is 1. The first-order valence-corrected chi connectivity index (χ1v) is 7.88. The number of ether oxygens (including phenoxy) is 2. The molecule has 0 atom stereocenters. The normalized spacial score (nSPS) is 10.2. The lowest BCUT2D eigenvalue weighted by atomic mass is 10.1. The molecule has 0 radical (unpaired) electrons. The number of methoxy groups -OCH3 is 1. The van der Waals surface area contributed by atoms with Crippen molar-refractivity contribution in [2.24, 2.45) is 0 Å². The van der Waals surface area contributed by atoms with E-state index in [0.29, 0.717) is 23.6 Å². The third kappa shape index (κ3) is 3.22. The Morgan fingerprint density at radius 2 is 2.17 bits per heavy atom. The highest BCUT2D eigenvalue weighted by atomic mass is 79.9. The highest BCUT2D eigenvalue weighted by Gasteiger charge is 2.26. The van der Waals surface area contributed by atoms with Crippen LogP contribution in [0.3, 0.4) is 0 Å². The minimum Gasteiger partial charge on any atom is -0.496 e. The molecule has 0 unspecified atom stereocenters. The van der Waals surface area contributed by atoms with Gasteiger partial charge >= 0.3 is 5.97 Å². The fraction of sp³-hybridized carbons (Fsp3) is 0.312. The van der Waals surface area contributed by atoms with Crippen molar-refractivity contribution in [3.63, 3.8) is 0 Å². The van der Waals surface area contributed by atoms with E-state index in [2.05, 4.69) is 27.1 Å². The first-order valence-electron chi connectivity index (χ1n) is 7.09. The zero-order chi connectivity index (χ0) is 17.0. The molecule has 7 heteroatoms. The molecule has 1 aromatic carbocycles. The molecule has 2 rings (SSSR count). The van der Waals surface area contributed by atoms with Crippen LogP contribution < -0.4 is 4.74 Å². The van der Waals surface area contributed by atoms with Crippen molar-refractivity contribution in [2.45, 2.75) is 20.4 Å². The van der Waals surface area contributed by atoms with Crippen LogP contribution in [0.15, 0.2) is 22.7 Å². The number of nitriles is 1. The van der Waals surface area contributed by atoms with E-state index in [9.17, 15) is 10.1 Å². The van der Waals surface area contributed by atoms with Crippen LogP contribution in [-0.4, -0.2) is 29.5 Å². The Kier molecular flexibility index (Phi) is 5.40. The molecule has 120 valence electrons. The topological polar surface area (TPSA) is 77.1 Å². The molecule has 23 heavy (non-hydrogen) atoms. The first-order chi connectivity index (χ1) is 11.1. The molecule has 1 heterocycles. The van der Waals surface area contributed by atoms with Crippen LogP contribution in [0.25, 0.3) is 11.3 Å². The predicted molar refractivity (Wildman–Crippen MR) is 88.3 cm³/mol. The molecule has 0 amide bonds. The molecular formula is C16H16BrN3O3. The fourth-order valence-electron chi connectivity index (χ4n) is 2.27. The summed E-state index contributed by atoms with van der Waals surface area (Å²) in [6.07, 6.45) is 0. The molecule has 0 aliphatic rings. The molecular weight excluding hydrogens is 362 g/mol. The molecule has 0 fully saturated rings. The van der Waals surface area contributed by atoms with Crippen molar-refractivity contribution < 1.29 is 14.3 Å². The molecule has 0 aliphatic carbocycles. The van der Waals surface area contributed by atoms with E-state index < -0.39 is 5.97 Å². The molecule has 0 aliphatic heterocycles. The van der Waals surface area contributed by atoms with Gasteiger partial charge in [0, 0.05) is 16.6 Å². The third-order valence-corrected chi connectivity index (χ3v) is 3.74. The van der Waals surface area contributed by atoms with Gasteiger partial charge in [-0.2, -0.15) is 10.4 Å². The number of carbonyl (C=O) groups excluding carboxylic acids is 1. The minimum absolute atomic E-state index is 0.0242. The Balaban J connectivity index is 2.72. The highest BCUT2D eigenvalue weighted by Crippen LogP contribution is 2.35. The van der Waals surface area contributed by atoms with Crippen LogP contribution in [0.5, 0.6) is 5.75 Å². The van der Waals surface area contributed by atoms with E-state index in [4.69, 9.17) is 9.47 Å². The Morgan fingerprint density at radius 1 is 1.43 bits per heavy atom. The van der Waals surface area contributed by atoms with Crippen LogP contribution in [0.1, 0.15) is 29.9 Å². The van der Waals surface area contributed by atoms with Crippen LogP contribution in [0.2, 0.25) is 0 Å². The molecule has 1 aromatic heterocycles. The number of aromatic nitrogens is 2. The predicted octanol–water partition coefficient (Wildman–Crippen LogP) is 3.39. The van der Waals surface area contributed by atoms with Crippen LogP contribution >= 0.6 is 15.9 Å². The number of hydrogen-bond acceptors (Lipinski definition) is 5. The number of hydrogen-bond donors (Lipinski definition) is 0. The fourth-order valence-corrected chi connectivity index (χ4v) is 2.61. The summed E-state index contributed by atoms with van der Waals surface area (Å²) >= 11 is 3.39. The Morgan fingerprint density at radius 3 is 2.74 bits per heavy atom. The molecule has 0 bridgehead atoms. The summed E-state index contributed by atoms with van der Waals surface area (Å²) in [5.74, 6) is -0.0190. The third-order valence-electron chi connectivity index (χ3n) is 3.25. The molecule has 6 nitrogen and oxygen atoms in total. The molecule has 0 spiro atoms. The maximum atomic E-state index is 12.1. The van der Waals surface area contributed by atoms with Crippen molar-refractivity contribution in [3.8, 4) is 23.1 Å². The summed E-state index contributed by atoms with van der Waals surface area (Å²) in [5.41, 5.74) is 1.45. The van der Waals surface area contributed by atoms with Gasteiger partial charge in [-0.25, -0.2) is 4.79 Å². The maximum Gasteiger partial charge on any atom is 0.360 e. The van der Waals surface area contributed by atoms with Gasteiger partial charge in [-0.05, 0) is 32.0 Å². The number of rotatable bonds is 5. The second kappa shape index (κ2) is 7.29. The lowest BCUT2D eigenvalue weighted by Gasteiger charge is -2.11. The Labute approximate surface area is 142 Å². The average molecular weight is 378 g/mol. The van der Waals surface area contributed by atoms with Gasteiger partial charge in [-0.3, -0.25) is 4.68 Å². The molecule has 0 saturated heterocycles. The van der Waals surface area contributed by atoms with Crippen LogP contribution in [0.4, 0.5) is 0 Å². The lowest BCUT2D eigenvalue weighted by Crippen LogP contribution is -2.08. The number of esters is 1. The van der Waals surface area contributed by atoms with Gasteiger partial charge in [-0.15, -0.1) is 0 Å². The highest BCUT2D eigenvalue weighted by molar-refractivity contribution is 9.10. The molecule has 2 aromatic rings. The number of aryl methyl sites for hydroxylation is 1. The van der Waals surface area contributed by atoms with E-state index in [0.717, 1.165) is 4.47 Å². The van der Waals surface area contributed by atoms with Gasteiger partial charge in [-0.1, -0.05) is 15.9 Å². The zero-order valence-electron chi connectivity index (χ0n) is 13.1. The van der Waals surface area contributed by atoms with Crippen LogP contribution in [-0.2, 0) is 11.3 Å². The standard InChI is InChI=1S/C16H16BrN3O3/c1-4-20-15(11-7-6-10(17)8-13(11)22-3)12(9-18)14(19-20)16(21)23-5-2/h6-8H,4-5H2,1-3H3. The molecule has 0 N–H and O–H groups in total. The van der Waals surface area contributed by atoms with Crippen molar-refractivity contribution in [3.05, 3.63) is 33.9 Å². The van der Waals surface area contributed by atoms with Gasteiger partial charge in [0.1, 0.15) is 17.4 Å². The van der Waals surface area contributed by atoms with Gasteiger partial charge in [0.2, 0.25) is 0 Å².